The Morgan fingerprint density at radius 2 is 1.83 bits per heavy atom. The fraction of sp³-hybridized carbons (Fsp3) is 0.588. The molecular weight excluding hydrogens is 348 g/mol. The number of piperidine rings is 1. The van der Waals surface area contributed by atoms with Crippen molar-refractivity contribution >= 4 is 27.3 Å². The van der Waals surface area contributed by atoms with Crippen molar-refractivity contribution in [3.05, 3.63) is 34.9 Å². The first-order valence-electron chi connectivity index (χ1n) is 8.39. The van der Waals surface area contributed by atoms with E-state index in [9.17, 15) is 13.2 Å². The molecule has 0 aromatic heterocycles. The molecule has 1 aromatic rings. The average Bonchev–Trinajstić information content (AvgIpc) is 2.92. The molecule has 0 unspecified atom stereocenters. The van der Waals surface area contributed by atoms with Crippen molar-refractivity contribution in [2.75, 3.05) is 24.6 Å². The minimum Gasteiger partial charge on any atom is -0.353 e. The predicted molar refractivity (Wildman–Crippen MR) is 94.7 cm³/mol. The lowest BCUT2D eigenvalue weighted by atomic mass is 10.0. The van der Waals surface area contributed by atoms with Crippen molar-refractivity contribution in [2.45, 2.75) is 31.8 Å². The van der Waals surface area contributed by atoms with Crippen LogP contribution in [0.25, 0.3) is 0 Å². The molecule has 0 radical (unpaired) electrons. The fourth-order valence-electron chi connectivity index (χ4n) is 3.40. The Hall–Kier alpha value is -1.11. The lowest BCUT2D eigenvalue weighted by Gasteiger charge is -2.32. The molecule has 2 fully saturated rings. The Labute approximate surface area is 148 Å². The van der Waals surface area contributed by atoms with Gasteiger partial charge in [0.05, 0.1) is 17.4 Å². The average molecular weight is 371 g/mol. The molecular formula is C17H23ClN2O3S. The van der Waals surface area contributed by atoms with Gasteiger partial charge in [-0.3, -0.25) is 9.69 Å². The Kier molecular flexibility index (Phi) is 5.47. The van der Waals surface area contributed by atoms with Crippen LogP contribution >= 0.6 is 11.6 Å². The lowest BCUT2D eigenvalue weighted by molar-refractivity contribution is -0.125. The number of hydrogen-bond donors (Lipinski definition) is 1. The number of carbonyl (C=O) groups is 1. The van der Waals surface area contributed by atoms with E-state index in [1.807, 2.05) is 24.3 Å². The molecule has 1 aromatic carbocycles. The quantitative estimate of drug-likeness (QED) is 0.878. The second-order valence-corrected chi connectivity index (χ2v) is 9.45. The molecule has 2 aliphatic rings. The van der Waals surface area contributed by atoms with Crippen LogP contribution in [0.3, 0.4) is 0 Å². The second-order valence-electron chi connectivity index (χ2n) is 6.79. The summed E-state index contributed by atoms with van der Waals surface area (Å²) < 4.78 is 23.0. The van der Waals surface area contributed by atoms with Crippen LogP contribution in [0.15, 0.2) is 24.3 Å². The van der Waals surface area contributed by atoms with Crippen LogP contribution in [0.4, 0.5) is 0 Å². The maximum Gasteiger partial charge on any atom is 0.224 e. The zero-order valence-corrected chi connectivity index (χ0v) is 15.2. The second kappa shape index (κ2) is 7.42. The van der Waals surface area contributed by atoms with Crippen molar-refractivity contribution in [3.8, 4) is 0 Å². The highest BCUT2D eigenvalue weighted by Crippen LogP contribution is 2.20. The van der Waals surface area contributed by atoms with Crippen LogP contribution in [0, 0.1) is 5.92 Å². The fourth-order valence-corrected chi connectivity index (χ4v) is 5.27. The molecule has 24 heavy (non-hydrogen) atoms. The molecule has 2 saturated heterocycles. The minimum atomic E-state index is -3.01. The van der Waals surface area contributed by atoms with E-state index < -0.39 is 9.84 Å². The van der Waals surface area contributed by atoms with Crippen molar-refractivity contribution in [1.29, 1.82) is 0 Å². The number of nitrogens with zero attached hydrogens (tertiary/aromatic N) is 1. The first kappa shape index (κ1) is 17.7. The zero-order valence-electron chi connectivity index (χ0n) is 13.6. The molecule has 2 aliphatic heterocycles. The standard InChI is InChI=1S/C17H23ClN2O3S/c18-15-3-1-13(2-4-15)11-20-8-5-16(6-9-20)19-17(21)14-7-10-24(22,23)12-14/h1-4,14,16H,5-12H2,(H,19,21)/t14-/m0/s1. The van der Waals surface area contributed by atoms with Crippen LogP contribution in [0.1, 0.15) is 24.8 Å². The summed E-state index contributed by atoms with van der Waals surface area (Å²) in [7, 11) is -3.01. The van der Waals surface area contributed by atoms with E-state index in [1.54, 1.807) is 0 Å². The highest BCUT2D eigenvalue weighted by Gasteiger charge is 2.34. The molecule has 0 saturated carbocycles. The number of benzene rings is 1. The van der Waals surface area contributed by atoms with Gasteiger partial charge in [-0.1, -0.05) is 23.7 Å². The van der Waals surface area contributed by atoms with Gasteiger partial charge in [0, 0.05) is 30.7 Å². The molecule has 5 nitrogen and oxygen atoms in total. The first-order valence-corrected chi connectivity index (χ1v) is 10.6. The molecule has 0 spiro atoms. The third kappa shape index (κ3) is 4.71. The van der Waals surface area contributed by atoms with Crippen LogP contribution < -0.4 is 5.32 Å². The third-order valence-electron chi connectivity index (χ3n) is 4.86. The maximum atomic E-state index is 12.2. The van der Waals surface area contributed by atoms with Gasteiger partial charge in [0.2, 0.25) is 5.91 Å². The van der Waals surface area contributed by atoms with E-state index in [4.69, 9.17) is 11.6 Å². The van der Waals surface area contributed by atoms with Crippen molar-refractivity contribution in [1.82, 2.24) is 10.2 Å². The summed E-state index contributed by atoms with van der Waals surface area (Å²) in [5.74, 6) is -0.298. The molecule has 1 atom stereocenters. The Bertz CT molecular complexity index is 682. The van der Waals surface area contributed by atoms with Gasteiger partial charge in [-0.05, 0) is 37.0 Å². The monoisotopic (exact) mass is 370 g/mol. The molecule has 0 bridgehead atoms. The number of rotatable bonds is 4. The molecule has 3 rings (SSSR count). The van der Waals surface area contributed by atoms with Crippen molar-refractivity contribution < 1.29 is 13.2 Å². The Balaban J connectivity index is 1.43. The van der Waals surface area contributed by atoms with Gasteiger partial charge in [-0.25, -0.2) is 8.42 Å². The topological polar surface area (TPSA) is 66.5 Å². The van der Waals surface area contributed by atoms with Gasteiger partial charge in [-0.2, -0.15) is 0 Å². The van der Waals surface area contributed by atoms with E-state index in [0.29, 0.717) is 6.42 Å². The normalized spacial score (nSPS) is 24.8. The molecule has 0 aliphatic carbocycles. The van der Waals surface area contributed by atoms with Crippen LogP contribution in [-0.4, -0.2) is 49.9 Å². The van der Waals surface area contributed by atoms with Gasteiger partial charge >= 0.3 is 0 Å². The summed E-state index contributed by atoms with van der Waals surface area (Å²) in [5, 5.41) is 3.79. The molecule has 1 N–H and O–H groups in total. The van der Waals surface area contributed by atoms with Gasteiger partial charge in [-0.15, -0.1) is 0 Å². The van der Waals surface area contributed by atoms with Crippen molar-refractivity contribution in [3.63, 3.8) is 0 Å². The van der Waals surface area contributed by atoms with Gasteiger partial charge < -0.3 is 5.32 Å². The number of nitrogens with one attached hydrogen (secondary N) is 1. The van der Waals surface area contributed by atoms with E-state index in [-0.39, 0.29) is 29.4 Å². The third-order valence-corrected chi connectivity index (χ3v) is 6.88. The van der Waals surface area contributed by atoms with Crippen LogP contribution in [0.5, 0.6) is 0 Å². The summed E-state index contributed by atoms with van der Waals surface area (Å²) in [6.07, 6.45) is 2.27. The number of carbonyl (C=O) groups excluding carboxylic acids is 1. The molecule has 132 valence electrons. The SMILES string of the molecule is O=C(NC1CCN(Cc2ccc(Cl)cc2)CC1)[C@H]1CCS(=O)(=O)C1. The minimum absolute atomic E-state index is 0.00818. The smallest absolute Gasteiger partial charge is 0.224 e. The highest BCUT2D eigenvalue weighted by atomic mass is 35.5. The van der Waals surface area contributed by atoms with Gasteiger partial charge in [0.15, 0.2) is 9.84 Å². The molecule has 1 amide bonds. The van der Waals surface area contributed by atoms with E-state index in [1.165, 1.54) is 5.56 Å². The maximum absolute atomic E-state index is 12.2. The molecule has 7 heteroatoms. The number of halogens is 1. The summed E-state index contributed by atoms with van der Waals surface area (Å²) in [6, 6.07) is 8.04. The number of amides is 1. The Morgan fingerprint density at radius 3 is 2.42 bits per heavy atom. The summed E-state index contributed by atoms with van der Waals surface area (Å²) >= 11 is 5.90. The van der Waals surface area contributed by atoms with Gasteiger partial charge in [0.25, 0.3) is 0 Å². The summed E-state index contributed by atoms with van der Waals surface area (Å²) in [4.78, 5) is 14.6. The zero-order chi connectivity index (χ0) is 17.2. The Morgan fingerprint density at radius 1 is 1.17 bits per heavy atom. The number of likely N-dealkylation sites (tertiary alicyclic amines) is 1. The largest absolute Gasteiger partial charge is 0.353 e. The lowest BCUT2D eigenvalue weighted by Crippen LogP contribution is -2.46. The summed E-state index contributed by atoms with van der Waals surface area (Å²) in [6.45, 7) is 2.74. The van der Waals surface area contributed by atoms with Gasteiger partial charge in [0.1, 0.15) is 0 Å². The van der Waals surface area contributed by atoms with Crippen LogP contribution in [0.2, 0.25) is 5.02 Å². The predicted octanol–water partition coefficient (Wildman–Crippen LogP) is 1.86. The van der Waals surface area contributed by atoms with E-state index in [2.05, 4.69) is 10.2 Å². The van der Waals surface area contributed by atoms with E-state index in [0.717, 1.165) is 37.5 Å². The number of hydrogen-bond acceptors (Lipinski definition) is 4. The van der Waals surface area contributed by atoms with E-state index >= 15 is 0 Å². The van der Waals surface area contributed by atoms with Crippen LogP contribution in [-0.2, 0) is 21.2 Å². The highest BCUT2D eigenvalue weighted by molar-refractivity contribution is 7.91. The number of sulfone groups is 1. The molecule has 2 heterocycles. The first-order chi connectivity index (χ1) is 11.4. The van der Waals surface area contributed by atoms with Crippen molar-refractivity contribution in [2.24, 2.45) is 5.92 Å². The summed E-state index contributed by atoms with van der Waals surface area (Å²) in [5.41, 5.74) is 1.23.